The van der Waals surface area contributed by atoms with Gasteiger partial charge in [0.05, 0.1) is 5.02 Å². The van der Waals surface area contributed by atoms with E-state index < -0.39 is 0 Å². The Morgan fingerprint density at radius 3 is 2.60 bits per heavy atom. The summed E-state index contributed by atoms with van der Waals surface area (Å²) in [5.74, 6) is -0.0874. The average Bonchev–Trinajstić information content (AvgIpc) is 3.11. The third kappa shape index (κ3) is 3.31. The van der Waals surface area contributed by atoms with Crippen molar-refractivity contribution in [1.82, 2.24) is 24.5 Å². The molecule has 3 heterocycles. The zero-order valence-electron chi connectivity index (χ0n) is 14.6. The highest BCUT2D eigenvalue weighted by atomic mass is 35.5. The minimum Gasteiger partial charge on any atom is -0.338 e. The summed E-state index contributed by atoms with van der Waals surface area (Å²) in [6, 6.07) is 3.67. The van der Waals surface area contributed by atoms with Crippen molar-refractivity contribution in [2.75, 3.05) is 13.1 Å². The molecular formula is C18H22ClN5O. The van der Waals surface area contributed by atoms with Gasteiger partial charge in [-0.15, -0.1) is 10.2 Å². The van der Waals surface area contributed by atoms with Gasteiger partial charge in [-0.3, -0.25) is 9.20 Å². The first-order valence-corrected chi connectivity index (χ1v) is 9.12. The Kier molecular flexibility index (Phi) is 5.48. The van der Waals surface area contributed by atoms with Crippen molar-refractivity contribution in [3.8, 4) is 0 Å². The lowest BCUT2D eigenvalue weighted by Gasteiger charge is -2.23. The summed E-state index contributed by atoms with van der Waals surface area (Å²) >= 11 is 6.62. The topological polar surface area (TPSA) is 63.4 Å². The molecule has 0 saturated heterocycles. The number of amides is 1. The standard InChI is InChI=1S/C18H22ClN5O/c1-3-5-10-23(11-6-4-2)18(25)14-15(19)13-8-7-9-20-16(13)24-12-21-22-17(14)24/h7-9,12H,3-6,10-11H2,1-2H3. The molecule has 0 spiro atoms. The van der Waals surface area contributed by atoms with Gasteiger partial charge < -0.3 is 4.90 Å². The van der Waals surface area contributed by atoms with Crippen LogP contribution in [0.1, 0.15) is 49.9 Å². The van der Waals surface area contributed by atoms with E-state index in [1.54, 1.807) is 16.9 Å². The number of aromatic nitrogens is 4. The van der Waals surface area contributed by atoms with E-state index in [-0.39, 0.29) is 5.91 Å². The van der Waals surface area contributed by atoms with Gasteiger partial charge in [-0.25, -0.2) is 4.98 Å². The quantitative estimate of drug-likeness (QED) is 0.640. The lowest BCUT2D eigenvalue weighted by atomic mass is 10.1. The molecule has 132 valence electrons. The number of pyridine rings is 2. The van der Waals surface area contributed by atoms with E-state index in [1.807, 2.05) is 17.0 Å². The van der Waals surface area contributed by atoms with Crippen LogP contribution < -0.4 is 0 Å². The maximum absolute atomic E-state index is 13.3. The van der Waals surface area contributed by atoms with Crippen molar-refractivity contribution in [3.05, 3.63) is 35.2 Å². The molecule has 0 atom stereocenters. The number of fused-ring (bicyclic) bond motifs is 3. The Balaban J connectivity index is 2.13. The summed E-state index contributed by atoms with van der Waals surface area (Å²) in [7, 11) is 0. The summed E-state index contributed by atoms with van der Waals surface area (Å²) in [6.45, 7) is 5.68. The zero-order chi connectivity index (χ0) is 17.8. The van der Waals surface area contributed by atoms with Crippen molar-refractivity contribution < 1.29 is 4.79 Å². The zero-order valence-corrected chi connectivity index (χ0v) is 15.3. The first-order chi connectivity index (χ1) is 12.2. The Hall–Kier alpha value is -2.21. The number of carbonyl (C=O) groups is 1. The average molecular weight is 360 g/mol. The molecule has 1 amide bonds. The molecule has 0 aliphatic heterocycles. The third-order valence-corrected chi connectivity index (χ3v) is 4.70. The van der Waals surface area contributed by atoms with Crippen LogP contribution in [0.3, 0.4) is 0 Å². The Morgan fingerprint density at radius 2 is 1.92 bits per heavy atom. The van der Waals surface area contributed by atoms with E-state index >= 15 is 0 Å². The maximum atomic E-state index is 13.3. The summed E-state index contributed by atoms with van der Waals surface area (Å²) in [6.07, 6.45) is 7.25. The van der Waals surface area contributed by atoms with Crippen LogP contribution in [0.25, 0.3) is 16.7 Å². The molecule has 0 radical (unpaired) electrons. The number of halogens is 1. The van der Waals surface area contributed by atoms with Crippen molar-refractivity contribution >= 4 is 34.2 Å². The van der Waals surface area contributed by atoms with Gasteiger partial charge in [-0.1, -0.05) is 38.3 Å². The van der Waals surface area contributed by atoms with Crippen molar-refractivity contribution in [3.63, 3.8) is 0 Å². The van der Waals surface area contributed by atoms with Gasteiger partial charge in [0.1, 0.15) is 17.5 Å². The van der Waals surface area contributed by atoms with Crippen LogP contribution in [0.5, 0.6) is 0 Å². The molecule has 0 fully saturated rings. The smallest absolute Gasteiger partial charge is 0.259 e. The fraction of sp³-hybridized carbons (Fsp3) is 0.444. The predicted molar refractivity (Wildman–Crippen MR) is 99.0 cm³/mol. The van der Waals surface area contributed by atoms with Crippen molar-refractivity contribution in [2.24, 2.45) is 0 Å². The second-order valence-electron chi connectivity index (χ2n) is 6.09. The summed E-state index contributed by atoms with van der Waals surface area (Å²) in [4.78, 5) is 19.5. The van der Waals surface area contributed by atoms with E-state index in [0.717, 1.165) is 44.2 Å². The molecule has 0 saturated carbocycles. The molecule has 3 aromatic rings. The molecule has 0 unspecified atom stereocenters. The molecule has 0 aliphatic rings. The molecule has 6 nitrogen and oxygen atoms in total. The maximum Gasteiger partial charge on any atom is 0.259 e. The molecule has 0 N–H and O–H groups in total. The lowest BCUT2D eigenvalue weighted by molar-refractivity contribution is 0.0752. The number of hydrogen-bond donors (Lipinski definition) is 0. The highest BCUT2D eigenvalue weighted by Crippen LogP contribution is 2.30. The predicted octanol–water partition coefficient (Wildman–Crippen LogP) is 3.97. The van der Waals surface area contributed by atoms with Gasteiger partial charge in [0.2, 0.25) is 0 Å². The van der Waals surface area contributed by atoms with Crippen molar-refractivity contribution in [1.29, 1.82) is 0 Å². The van der Waals surface area contributed by atoms with Crippen molar-refractivity contribution in [2.45, 2.75) is 39.5 Å². The minimum absolute atomic E-state index is 0.0874. The van der Waals surface area contributed by atoms with Gasteiger partial charge in [-0.2, -0.15) is 0 Å². The molecule has 7 heteroatoms. The molecule has 0 bridgehead atoms. The SMILES string of the molecule is CCCCN(CCCC)C(=O)c1c(Cl)c2cccnc2n2cnnc12. The van der Waals surface area contributed by atoms with Gasteiger partial charge in [-0.05, 0) is 25.0 Å². The van der Waals surface area contributed by atoms with Crippen LogP contribution in [-0.4, -0.2) is 43.5 Å². The van der Waals surface area contributed by atoms with E-state index in [9.17, 15) is 4.79 Å². The van der Waals surface area contributed by atoms with Crippen LogP contribution >= 0.6 is 11.6 Å². The number of unbranched alkanes of at least 4 members (excludes halogenated alkanes) is 2. The number of rotatable bonds is 7. The number of hydrogen-bond acceptors (Lipinski definition) is 4. The summed E-state index contributed by atoms with van der Waals surface area (Å²) in [5, 5.41) is 9.22. The van der Waals surface area contributed by atoms with Crippen LogP contribution in [0.15, 0.2) is 24.7 Å². The fourth-order valence-corrected chi connectivity index (χ4v) is 3.23. The molecule has 3 rings (SSSR count). The largest absolute Gasteiger partial charge is 0.338 e. The first-order valence-electron chi connectivity index (χ1n) is 8.74. The second-order valence-corrected chi connectivity index (χ2v) is 6.47. The monoisotopic (exact) mass is 359 g/mol. The van der Waals surface area contributed by atoms with Crippen LogP contribution in [0.2, 0.25) is 5.02 Å². The van der Waals surface area contributed by atoms with Gasteiger partial charge in [0.25, 0.3) is 5.91 Å². The third-order valence-electron chi connectivity index (χ3n) is 4.31. The molecule has 0 aromatic carbocycles. The molecule has 3 aromatic heterocycles. The van der Waals surface area contributed by atoms with Gasteiger partial charge in [0.15, 0.2) is 5.65 Å². The Bertz CT molecular complexity index is 884. The molecular weight excluding hydrogens is 338 g/mol. The molecule has 25 heavy (non-hydrogen) atoms. The summed E-state index contributed by atoms with van der Waals surface area (Å²) in [5.41, 5.74) is 1.52. The second kappa shape index (κ2) is 7.78. The Labute approximate surface area is 151 Å². The van der Waals surface area contributed by atoms with Crippen LogP contribution in [0, 0.1) is 0 Å². The van der Waals surface area contributed by atoms with Gasteiger partial charge in [0, 0.05) is 24.7 Å². The fourth-order valence-electron chi connectivity index (χ4n) is 2.91. The van der Waals surface area contributed by atoms with E-state index in [1.165, 1.54) is 0 Å². The first kappa shape index (κ1) is 17.6. The minimum atomic E-state index is -0.0874. The normalized spacial score (nSPS) is 11.3. The Morgan fingerprint density at radius 1 is 1.20 bits per heavy atom. The lowest BCUT2D eigenvalue weighted by Crippen LogP contribution is -2.33. The van der Waals surface area contributed by atoms with E-state index in [0.29, 0.717) is 21.9 Å². The number of nitrogens with zero attached hydrogens (tertiary/aromatic N) is 5. The van der Waals surface area contributed by atoms with E-state index in [4.69, 9.17) is 11.6 Å². The highest BCUT2D eigenvalue weighted by Gasteiger charge is 2.25. The van der Waals surface area contributed by atoms with Crippen LogP contribution in [-0.2, 0) is 0 Å². The highest BCUT2D eigenvalue weighted by molar-refractivity contribution is 6.39. The molecule has 0 aliphatic carbocycles. The summed E-state index contributed by atoms with van der Waals surface area (Å²) < 4.78 is 1.73. The van der Waals surface area contributed by atoms with E-state index in [2.05, 4.69) is 29.0 Å². The van der Waals surface area contributed by atoms with Crippen LogP contribution in [0.4, 0.5) is 0 Å². The van der Waals surface area contributed by atoms with Gasteiger partial charge >= 0.3 is 0 Å². The number of carbonyl (C=O) groups excluding carboxylic acids is 1.